The number of nitro groups is 1. The minimum atomic E-state index is -0.329. The lowest BCUT2D eigenvalue weighted by atomic mass is 10.1. The molecule has 0 aliphatic rings. The topological polar surface area (TPSA) is 55.2 Å². The summed E-state index contributed by atoms with van der Waals surface area (Å²) in [6.07, 6.45) is 0.918. The molecular weight excluding hydrogens is 340 g/mol. The van der Waals surface area contributed by atoms with Crippen molar-refractivity contribution >= 4 is 33.0 Å². The molecule has 1 aromatic heterocycles. The molecule has 0 saturated carbocycles. The van der Waals surface area contributed by atoms with Crippen molar-refractivity contribution < 1.29 is 4.92 Å². The van der Waals surface area contributed by atoms with Crippen LogP contribution < -0.4 is 5.32 Å². The van der Waals surface area contributed by atoms with Gasteiger partial charge in [-0.25, -0.2) is 0 Å². The third kappa shape index (κ3) is 3.88. The molecule has 20 heavy (non-hydrogen) atoms. The second-order valence-electron chi connectivity index (χ2n) is 4.45. The number of thiophene rings is 1. The van der Waals surface area contributed by atoms with Gasteiger partial charge >= 0.3 is 0 Å². The summed E-state index contributed by atoms with van der Waals surface area (Å²) in [6, 6.07) is 11.0. The lowest BCUT2D eigenvalue weighted by Crippen LogP contribution is -2.21. The Morgan fingerprint density at radius 1 is 1.35 bits per heavy atom. The minimum Gasteiger partial charge on any atom is -0.310 e. The predicted molar refractivity (Wildman–Crippen MR) is 85.2 cm³/mol. The number of hydrogen-bond donors (Lipinski definition) is 1. The number of rotatable bonds is 6. The first kappa shape index (κ1) is 15.2. The number of halogens is 1. The second kappa shape index (κ2) is 6.97. The first-order valence-electron chi connectivity index (χ1n) is 6.29. The predicted octanol–water partition coefficient (Wildman–Crippen LogP) is 4.31. The van der Waals surface area contributed by atoms with Gasteiger partial charge in [-0.2, -0.15) is 0 Å². The van der Waals surface area contributed by atoms with E-state index >= 15 is 0 Å². The van der Waals surface area contributed by atoms with Gasteiger partial charge in [-0.15, -0.1) is 11.3 Å². The zero-order valence-corrected chi connectivity index (χ0v) is 13.4. The van der Waals surface area contributed by atoms with Crippen LogP contribution in [0.5, 0.6) is 0 Å². The Labute approximate surface area is 130 Å². The smallest absolute Gasteiger partial charge is 0.274 e. The average molecular weight is 355 g/mol. The Balaban J connectivity index is 1.95. The van der Waals surface area contributed by atoms with Crippen molar-refractivity contribution in [1.29, 1.82) is 0 Å². The highest BCUT2D eigenvalue weighted by Gasteiger charge is 2.17. The molecule has 0 bridgehead atoms. The lowest BCUT2D eigenvalue weighted by Gasteiger charge is -2.13. The molecule has 1 N–H and O–H groups in total. The Kier molecular flexibility index (Phi) is 5.28. The van der Waals surface area contributed by atoms with Crippen LogP contribution in [-0.2, 0) is 6.42 Å². The van der Waals surface area contributed by atoms with Crippen molar-refractivity contribution in [1.82, 2.24) is 5.32 Å². The number of benzene rings is 1. The fourth-order valence-corrected chi connectivity index (χ4v) is 3.51. The van der Waals surface area contributed by atoms with Gasteiger partial charge in [0.1, 0.15) is 0 Å². The summed E-state index contributed by atoms with van der Waals surface area (Å²) < 4.78 is 1.12. The van der Waals surface area contributed by atoms with E-state index in [4.69, 9.17) is 0 Å². The van der Waals surface area contributed by atoms with Crippen molar-refractivity contribution in [2.45, 2.75) is 19.4 Å². The first-order chi connectivity index (χ1) is 9.58. The first-order valence-corrected chi connectivity index (χ1v) is 7.90. The molecular formula is C14H15BrN2O2S. The molecule has 2 rings (SSSR count). The van der Waals surface area contributed by atoms with Crippen LogP contribution in [0.1, 0.15) is 23.4 Å². The van der Waals surface area contributed by atoms with Crippen LogP contribution in [0.2, 0.25) is 0 Å². The Morgan fingerprint density at radius 2 is 2.10 bits per heavy atom. The third-order valence-corrected chi connectivity index (χ3v) is 4.73. The molecule has 1 aromatic carbocycles. The second-order valence-corrected chi connectivity index (χ2v) is 7.00. The van der Waals surface area contributed by atoms with E-state index in [0.29, 0.717) is 0 Å². The molecule has 1 atom stereocenters. The van der Waals surface area contributed by atoms with Gasteiger partial charge in [0.05, 0.1) is 8.71 Å². The molecule has 0 spiro atoms. The molecule has 4 nitrogen and oxygen atoms in total. The minimum absolute atomic E-state index is 0.0417. The number of nitro benzene ring substituents is 1. The average Bonchev–Trinajstić information content (AvgIpc) is 2.84. The van der Waals surface area contributed by atoms with Crippen LogP contribution in [0.25, 0.3) is 0 Å². The monoisotopic (exact) mass is 354 g/mol. The summed E-state index contributed by atoms with van der Waals surface area (Å²) in [5.41, 5.74) is 0.899. The maximum Gasteiger partial charge on any atom is 0.274 e. The van der Waals surface area contributed by atoms with E-state index in [-0.39, 0.29) is 16.7 Å². The summed E-state index contributed by atoms with van der Waals surface area (Å²) >= 11 is 5.15. The standard InChI is InChI=1S/C14H15BrN2O2S/c1-10(12-4-2-3-5-13(12)17(18)19)16-9-8-11-6-7-14(15)20-11/h2-7,10,16H,8-9H2,1H3. The molecule has 0 fully saturated rings. The fraction of sp³-hybridized carbons (Fsp3) is 0.286. The number of para-hydroxylation sites is 1. The molecule has 2 aromatic rings. The van der Waals surface area contributed by atoms with Gasteiger partial charge in [-0.3, -0.25) is 10.1 Å². The summed E-state index contributed by atoms with van der Waals surface area (Å²) in [7, 11) is 0. The lowest BCUT2D eigenvalue weighted by molar-refractivity contribution is -0.385. The van der Waals surface area contributed by atoms with Crippen LogP contribution in [0.4, 0.5) is 5.69 Å². The van der Waals surface area contributed by atoms with E-state index in [1.807, 2.05) is 19.1 Å². The third-order valence-electron chi connectivity index (χ3n) is 3.05. The van der Waals surface area contributed by atoms with Crippen molar-refractivity contribution in [2.75, 3.05) is 6.54 Å². The van der Waals surface area contributed by atoms with Crippen LogP contribution in [0.15, 0.2) is 40.2 Å². The summed E-state index contributed by atoms with van der Waals surface area (Å²) in [5.74, 6) is 0. The summed E-state index contributed by atoms with van der Waals surface area (Å²) in [5, 5.41) is 14.3. The molecule has 1 unspecified atom stereocenters. The molecule has 0 aliphatic carbocycles. The highest BCUT2D eigenvalue weighted by Crippen LogP contribution is 2.25. The van der Waals surface area contributed by atoms with E-state index in [1.165, 1.54) is 4.88 Å². The van der Waals surface area contributed by atoms with Crippen molar-refractivity contribution in [3.05, 3.63) is 60.7 Å². The van der Waals surface area contributed by atoms with E-state index < -0.39 is 0 Å². The highest BCUT2D eigenvalue weighted by atomic mass is 79.9. The van der Waals surface area contributed by atoms with Crippen LogP contribution >= 0.6 is 27.3 Å². The molecule has 0 radical (unpaired) electrons. The maximum absolute atomic E-state index is 11.0. The highest BCUT2D eigenvalue weighted by molar-refractivity contribution is 9.11. The van der Waals surface area contributed by atoms with Gasteiger partial charge in [-0.1, -0.05) is 18.2 Å². The molecule has 0 saturated heterocycles. The number of hydrogen-bond acceptors (Lipinski definition) is 4. The van der Waals surface area contributed by atoms with E-state index in [0.717, 1.165) is 22.3 Å². The molecule has 106 valence electrons. The summed E-state index contributed by atoms with van der Waals surface area (Å²) in [4.78, 5) is 12.0. The molecule has 0 aliphatic heterocycles. The van der Waals surface area contributed by atoms with Gasteiger partial charge in [0.25, 0.3) is 5.69 Å². The molecule has 0 amide bonds. The fourth-order valence-electron chi connectivity index (χ4n) is 2.03. The largest absolute Gasteiger partial charge is 0.310 e. The van der Waals surface area contributed by atoms with Crippen LogP contribution in [0.3, 0.4) is 0 Å². The van der Waals surface area contributed by atoms with Crippen molar-refractivity contribution in [2.24, 2.45) is 0 Å². The maximum atomic E-state index is 11.0. The Bertz CT molecular complexity index is 600. The van der Waals surface area contributed by atoms with Gasteiger partial charge in [0, 0.05) is 29.1 Å². The number of nitrogens with one attached hydrogen (secondary N) is 1. The van der Waals surface area contributed by atoms with Crippen LogP contribution in [0, 0.1) is 10.1 Å². The molecule has 1 heterocycles. The van der Waals surface area contributed by atoms with E-state index in [2.05, 4.69) is 27.3 Å². The van der Waals surface area contributed by atoms with Gasteiger partial charge in [0.15, 0.2) is 0 Å². The Hall–Kier alpha value is -1.24. The molecule has 6 heteroatoms. The SMILES string of the molecule is CC(NCCc1ccc(Br)s1)c1ccccc1[N+](=O)[O-]. The number of nitrogens with zero attached hydrogens (tertiary/aromatic N) is 1. The van der Waals surface area contributed by atoms with Gasteiger partial charge < -0.3 is 5.32 Å². The zero-order chi connectivity index (χ0) is 14.5. The van der Waals surface area contributed by atoms with Crippen molar-refractivity contribution in [3.63, 3.8) is 0 Å². The zero-order valence-electron chi connectivity index (χ0n) is 11.0. The van der Waals surface area contributed by atoms with Crippen molar-refractivity contribution in [3.8, 4) is 0 Å². The quantitative estimate of drug-likeness (QED) is 0.620. The van der Waals surface area contributed by atoms with E-state index in [1.54, 1.807) is 29.5 Å². The van der Waals surface area contributed by atoms with Crippen LogP contribution in [-0.4, -0.2) is 11.5 Å². The Morgan fingerprint density at radius 3 is 2.75 bits per heavy atom. The van der Waals surface area contributed by atoms with E-state index in [9.17, 15) is 10.1 Å². The normalized spacial score (nSPS) is 12.3. The van der Waals surface area contributed by atoms with Gasteiger partial charge in [0.2, 0.25) is 0 Å². The van der Waals surface area contributed by atoms with Gasteiger partial charge in [-0.05, 0) is 41.4 Å². The summed E-state index contributed by atoms with van der Waals surface area (Å²) in [6.45, 7) is 2.74.